The summed E-state index contributed by atoms with van der Waals surface area (Å²) in [6.45, 7) is 43.2. The van der Waals surface area contributed by atoms with E-state index in [-0.39, 0.29) is 122 Å². The Labute approximate surface area is 874 Å². The maximum absolute atomic E-state index is 4.68. The van der Waals surface area contributed by atoms with E-state index in [1.807, 2.05) is 73.8 Å². The second kappa shape index (κ2) is 41.8. The average Bonchev–Trinajstić information content (AvgIpc) is 1.70. The summed E-state index contributed by atoms with van der Waals surface area (Å²) >= 11 is 0. The second-order valence-corrected chi connectivity index (χ2v) is 41.7. The summed E-state index contributed by atoms with van der Waals surface area (Å²) in [5.41, 5.74) is 29.1. The van der Waals surface area contributed by atoms with Gasteiger partial charge in [0.2, 0.25) is 0 Å². The van der Waals surface area contributed by atoms with E-state index < -0.39 is 0 Å². The normalized spacial score (nSPS) is 12.7. The van der Waals surface area contributed by atoms with Crippen molar-refractivity contribution in [1.82, 2.24) is 46.9 Å². The van der Waals surface area contributed by atoms with Gasteiger partial charge in [0, 0.05) is 196 Å². The molecule has 1 aliphatic rings. The molecule has 0 aliphatic heterocycles. The van der Waals surface area contributed by atoms with Crippen LogP contribution < -0.4 is 0 Å². The monoisotopic (exact) mass is 2690 g/mol. The van der Waals surface area contributed by atoms with Crippen LogP contribution in [0.15, 0.2) is 268 Å². The molecule has 1 fully saturated rings. The summed E-state index contributed by atoms with van der Waals surface area (Å²) in [5, 5.41) is 18.0. The van der Waals surface area contributed by atoms with Gasteiger partial charge in [-0.05, 0) is 189 Å². The van der Waals surface area contributed by atoms with Gasteiger partial charge < -0.3 is 22.0 Å². The summed E-state index contributed by atoms with van der Waals surface area (Å²) in [6, 6.07) is 92.8. The molecule has 137 heavy (non-hydrogen) atoms. The van der Waals surface area contributed by atoms with Crippen LogP contribution in [0.5, 0.6) is 0 Å². The first-order valence-electron chi connectivity index (χ1n) is 47.8. The van der Waals surface area contributed by atoms with E-state index in [2.05, 4.69) is 403 Å². The van der Waals surface area contributed by atoms with Gasteiger partial charge in [-0.1, -0.05) is 275 Å². The van der Waals surface area contributed by atoms with Crippen LogP contribution >= 0.6 is 0 Å². The number of benzene rings is 12. The Bertz CT molecular complexity index is 8040. The van der Waals surface area contributed by atoms with Gasteiger partial charge >= 0.3 is 0 Å². The first-order chi connectivity index (χ1) is 63.5. The average molecular weight is 2690 g/mol. The molecule has 10 nitrogen and oxygen atoms in total. The van der Waals surface area contributed by atoms with Crippen molar-refractivity contribution in [2.75, 3.05) is 0 Å². The van der Waals surface area contributed by atoms with Crippen molar-refractivity contribution in [2.24, 2.45) is 0 Å². The van der Waals surface area contributed by atoms with Gasteiger partial charge in [0.1, 0.15) is 0 Å². The molecule has 0 atom stereocenters. The zero-order valence-corrected chi connectivity index (χ0v) is 94.0. The molecule has 0 N–H and O–H groups in total. The van der Waals surface area contributed by atoms with Crippen LogP contribution in [-0.2, 0) is 129 Å². The van der Waals surface area contributed by atoms with Crippen molar-refractivity contribution in [2.45, 2.75) is 228 Å². The molecule has 0 amide bonds. The minimum Gasteiger partial charge on any atom is -0.340 e. The summed E-state index contributed by atoms with van der Waals surface area (Å²) in [5.74, 6) is 2.16. The fourth-order valence-corrected chi connectivity index (χ4v) is 20.1. The second-order valence-electron chi connectivity index (χ2n) is 41.7. The summed E-state index contributed by atoms with van der Waals surface area (Å²) in [6.07, 6.45) is 30.1. The van der Waals surface area contributed by atoms with E-state index in [4.69, 9.17) is 0 Å². The van der Waals surface area contributed by atoms with E-state index in [9.17, 15) is 0 Å². The number of rotatable bonds is 9. The Balaban J connectivity index is 0.000000137. The minimum atomic E-state index is 0. The molecule has 0 saturated heterocycles. The third-order valence-corrected chi connectivity index (χ3v) is 27.6. The Hall–Kier alpha value is -10.1. The molecule has 23 rings (SSSR count). The number of pyridine rings is 5. The molecule has 22 aromatic rings. The quantitative estimate of drug-likeness (QED) is 0.106. The predicted molar refractivity (Wildman–Crippen MR) is 558 cm³/mol. The zero-order valence-electron chi connectivity index (χ0n) is 82.0. The van der Waals surface area contributed by atoms with Crippen molar-refractivity contribution in [1.29, 1.82) is 0 Å². The molecule has 15 heteroatoms. The van der Waals surface area contributed by atoms with Crippen LogP contribution in [0.1, 0.15) is 250 Å². The van der Waals surface area contributed by atoms with Crippen molar-refractivity contribution in [3.8, 4) is 22.3 Å². The SMILES string of the molecule is CC(C)(C)c1c[c-]c2c(c1)c1cc(C(C)(C)C)ccc1n1ccnc21.CC(C)(C)c1ccc(-c2cc(C(C)(C)C)cc3c4ccc[c-]c4c4nccn4c23)cc1.CC(C)c1cc(C(C)C)c(-c2ccc3c(c2)c2ccc[c-]c2c2nccn32)c(C(C)C)c1.CCCCc1ccc2c(c1)c1ccc[c-]c1c1nccn21.[Ir].[Ir].[Ir].[Ir].[Ir].[c-]1cccc2c1c1nccn1c1ccc(C3CCCCC3)cc21. The molecule has 709 valence electrons. The summed E-state index contributed by atoms with van der Waals surface area (Å²) in [4.78, 5) is 22.9. The molecule has 10 aromatic heterocycles. The first kappa shape index (κ1) is 103. The van der Waals surface area contributed by atoms with Crippen molar-refractivity contribution >= 4 is 137 Å². The Kier molecular flexibility index (Phi) is 31.3. The van der Waals surface area contributed by atoms with Crippen LogP contribution in [-0.4, -0.2) is 46.9 Å². The van der Waals surface area contributed by atoms with Gasteiger partial charge in [-0.25, -0.2) is 0 Å². The number of hydrogen-bond acceptors (Lipinski definition) is 5. The number of imidazole rings is 5. The first-order valence-corrected chi connectivity index (χ1v) is 47.8. The number of aromatic nitrogens is 10. The van der Waals surface area contributed by atoms with Gasteiger partial charge in [0.25, 0.3) is 0 Å². The van der Waals surface area contributed by atoms with Crippen molar-refractivity contribution in [3.63, 3.8) is 0 Å². The third kappa shape index (κ3) is 20.0. The van der Waals surface area contributed by atoms with Crippen molar-refractivity contribution in [3.05, 3.63) is 349 Å². The molecule has 5 radical (unpaired) electrons. The molecule has 0 unspecified atom stereocenters. The predicted octanol–water partition coefficient (Wildman–Crippen LogP) is 32.5. The number of fused-ring (bicyclic) bond motifs is 30. The molecule has 0 spiro atoms. The number of unbranched alkanes of at least 4 members (excludes halogenated alkanes) is 1. The van der Waals surface area contributed by atoms with Crippen LogP contribution in [0.4, 0.5) is 0 Å². The van der Waals surface area contributed by atoms with E-state index in [0.717, 1.165) is 67.5 Å². The molecule has 0 bridgehead atoms. The van der Waals surface area contributed by atoms with E-state index in [1.54, 1.807) is 0 Å². The van der Waals surface area contributed by atoms with Gasteiger partial charge in [-0.15, -0.1) is 148 Å². The summed E-state index contributed by atoms with van der Waals surface area (Å²) < 4.78 is 11.0. The number of aryl methyl sites for hydroxylation is 1. The molecule has 1 saturated carbocycles. The van der Waals surface area contributed by atoms with Gasteiger partial charge in [-0.3, -0.25) is 24.9 Å². The third-order valence-electron chi connectivity index (χ3n) is 27.6. The minimum absolute atomic E-state index is 0. The van der Waals surface area contributed by atoms with E-state index >= 15 is 0 Å². The topological polar surface area (TPSA) is 86.5 Å². The van der Waals surface area contributed by atoms with Crippen molar-refractivity contribution < 1.29 is 101 Å². The number of nitrogens with zero attached hydrogens (tertiary/aromatic N) is 10. The van der Waals surface area contributed by atoms with Crippen LogP contribution in [0, 0.1) is 30.3 Å². The molecular formula is C122H121Ir5N10-5. The Morgan fingerprint density at radius 3 is 1.17 bits per heavy atom. The van der Waals surface area contributed by atoms with Crippen LogP contribution in [0.2, 0.25) is 0 Å². The number of hydrogen-bond donors (Lipinski definition) is 0. The standard InChI is InChI=1S/C30H31N2.C29H29N2.C23H25N2.C21H19N2.C19H17N2.5Ir/c1-18(2)22-16-25(19(3)4)29(26(17-22)20(5)6)21-11-12-28-27(15-21)23-9-7-8-10-24(23)30-31-13-14-32(28)30;1-28(2,3)20-13-11-19(12-14-20)24-17-21(29(4,5)6)18-25-22-9-7-8-10-23(22)27-30-15-16-31(27)26(24)25;1-22(2,3)15-7-9-17-18(13-15)19-14-16(23(4,5)6)8-10-20(19)25-12-11-24-21(17)25;1-2-6-15(7-3-1)16-10-11-20-19(14-16)17-8-4-5-9-18(17)21-22-12-13-23(20)21;1-2-3-6-14-9-10-18-17(13-14)15-7-4-5-8-16(15)19-20-11-12-21(18)19;;;;;/h7-9,11-20H,1-6H3;7-9,11-18H,1-6H3;7-8,10-14H,1-6H3;4-5,8,10-15H,1-3,6-7H2;4-5,7,9-13H,2-3,6H2,1H3;;;;;/q5*-1;;;;;. The fraction of sp³-hybridized carbons (Fsp3) is 0.287. The zero-order chi connectivity index (χ0) is 92.0. The van der Waals surface area contributed by atoms with Gasteiger partial charge in [0.15, 0.2) is 0 Å². The molecular weight excluding hydrogens is 2570 g/mol. The molecule has 10 heterocycles. The Morgan fingerprint density at radius 2 is 0.715 bits per heavy atom. The van der Waals surface area contributed by atoms with Gasteiger partial charge in [0.05, 0.1) is 28.2 Å². The fourth-order valence-electron chi connectivity index (χ4n) is 20.1. The maximum Gasteiger partial charge on any atom is 0.0608 e. The van der Waals surface area contributed by atoms with Gasteiger partial charge in [-0.2, -0.15) is 0 Å². The van der Waals surface area contributed by atoms with Crippen LogP contribution in [0.3, 0.4) is 0 Å². The van der Waals surface area contributed by atoms with E-state index in [1.165, 1.54) is 199 Å². The van der Waals surface area contributed by atoms with Crippen LogP contribution in [0.25, 0.3) is 159 Å². The smallest absolute Gasteiger partial charge is 0.0608 e. The molecule has 12 aromatic carbocycles. The maximum atomic E-state index is 4.68. The Morgan fingerprint density at radius 1 is 0.336 bits per heavy atom. The molecule has 1 aliphatic carbocycles. The van der Waals surface area contributed by atoms with E-state index in [0.29, 0.717) is 17.8 Å². The largest absolute Gasteiger partial charge is 0.340 e. The summed E-state index contributed by atoms with van der Waals surface area (Å²) in [7, 11) is 0.